The fourth-order valence-corrected chi connectivity index (χ4v) is 4.43. The molecule has 1 saturated heterocycles. The quantitative estimate of drug-likeness (QED) is 0.500. The van der Waals surface area contributed by atoms with Crippen molar-refractivity contribution in [3.05, 3.63) is 64.9 Å². The van der Waals surface area contributed by atoms with Gasteiger partial charge in [-0.1, -0.05) is 47.7 Å². The van der Waals surface area contributed by atoms with Crippen LogP contribution in [0.2, 0.25) is 0 Å². The maximum Gasteiger partial charge on any atom is 0.231 e. The lowest BCUT2D eigenvalue weighted by Gasteiger charge is -2.14. The molecular formula is C21H17FN6O2S. The van der Waals surface area contributed by atoms with E-state index in [1.54, 1.807) is 12.1 Å². The first-order valence-corrected chi connectivity index (χ1v) is 10.5. The lowest BCUT2D eigenvalue weighted by molar-refractivity contribution is -0.122. The molecule has 31 heavy (non-hydrogen) atoms. The van der Waals surface area contributed by atoms with E-state index in [0.717, 1.165) is 10.6 Å². The predicted octanol–water partition coefficient (Wildman–Crippen LogP) is 3.14. The largest absolute Gasteiger partial charge is 0.300 e. The Labute approximate surface area is 180 Å². The molecule has 2 N–H and O–H groups in total. The van der Waals surface area contributed by atoms with Crippen molar-refractivity contribution in [2.24, 2.45) is 5.92 Å². The standard InChI is InChI=1S/C21H17FN6O2S/c22-14-7-4-8-15-18(14)19(26-24-15)28-11-13(10-17(28)29)20(30)23-21-27-25-16(31-21)9-12-5-2-1-3-6-12/h1-8,13H,9-11H2,(H,24,26)(H,23,27,30). The molecule has 8 nitrogen and oxygen atoms in total. The summed E-state index contributed by atoms with van der Waals surface area (Å²) in [7, 11) is 0. The maximum atomic E-state index is 14.3. The van der Waals surface area contributed by atoms with Crippen LogP contribution >= 0.6 is 11.3 Å². The molecule has 1 aliphatic heterocycles. The fourth-order valence-electron chi connectivity index (χ4n) is 3.65. The number of fused-ring (bicyclic) bond motifs is 1. The molecule has 1 atom stereocenters. The van der Waals surface area contributed by atoms with Gasteiger partial charge in [0.1, 0.15) is 10.8 Å². The number of halogens is 1. The van der Waals surface area contributed by atoms with Crippen molar-refractivity contribution in [2.75, 3.05) is 16.8 Å². The predicted molar refractivity (Wildman–Crippen MR) is 114 cm³/mol. The normalized spacial score (nSPS) is 16.2. The molecular weight excluding hydrogens is 419 g/mol. The Balaban J connectivity index is 1.27. The molecule has 2 aromatic carbocycles. The van der Waals surface area contributed by atoms with Crippen LogP contribution in [0.25, 0.3) is 10.9 Å². The molecule has 4 aromatic rings. The summed E-state index contributed by atoms with van der Waals surface area (Å²) >= 11 is 1.30. The van der Waals surface area contributed by atoms with Gasteiger partial charge in [-0.15, -0.1) is 10.2 Å². The Bertz CT molecular complexity index is 1270. The van der Waals surface area contributed by atoms with Crippen LogP contribution in [0.5, 0.6) is 0 Å². The number of H-pyrrole nitrogens is 1. The molecule has 1 unspecified atom stereocenters. The molecule has 0 saturated carbocycles. The molecule has 1 fully saturated rings. The summed E-state index contributed by atoms with van der Waals surface area (Å²) in [6, 6.07) is 14.4. The number of anilines is 2. The Morgan fingerprint density at radius 3 is 2.87 bits per heavy atom. The van der Waals surface area contributed by atoms with Gasteiger partial charge in [-0.2, -0.15) is 5.10 Å². The number of nitrogens with one attached hydrogen (secondary N) is 2. The zero-order chi connectivity index (χ0) is 21.4. The topological polar surface area (TPSA) is 104 Å². The summed E-state index contributed by atoms with van der Waals surface area (Å²) in [6.07, 6.45) is 0.645. The van der Waals surface area contributed by atoms with E-state index in [1.807, 2.05) is 30.3 Å². The number of hydrogen-bond donors (Lipinski definition) is 2. The van der Waals surface area contributed by atoms with Crippen molar-refractivity contribution < 1.29 is 14.0 Å². The van der Waals surface area contributed by atoms with Crippen molar-refractivity contribution >= 4 is 45.0 Å². The average Bonchev–Trinajstić information content (AvgIpc) is 3.48. The highest BCUT2D eigenvalue weighted by Crippen LogP contribution is 2.32. The van der Waals surface area contributed by atoms with E-state index in [-0.39, 0.29) is 36.0 Å². The van der Waals surface area contributed by atoms with Crippen molar-refractivity contribution in [3.8, 4) is 0 Å². The van der Waals surface area contributed by atoms with E-state index in [1.165, 1.54) is 22.3 Å². The highest BCUT2D eigenvalue weighted by atomic mass is 32.1. The lowest BCUT2D eigenvalue weighted by atomic mass is 10.1. The molecule has 0 aliphatic carbocycles. The number of aromatic nitrogens is 4. The Hall–Kier alpha value is -3.66. The second-order valence-electron chi connectivity index (χ2n) is 7.27. The van der Waals surface area contributed by atoms with Gasteiger partial charge in [0.05, 0.1) is 16.8 Å². The van der Waals surface area contributed by atoms with E-state index in [4.69, 9.17) is 0 Å². The molecule has 2 aromatic heterocycles. The van der Waals surface area contributed by atoms with E-state index in [9.17, 15) is 14.0 Å². The van der Waals surface area contributed by atoms with Crippen LogP contribution < -0.4 is 10.2 Å². The first kappa shape index (κ1) is 19.3. The van der Waals surface area contributed by atoms with Gasteiger partial charge < -0.3 is 5.32 Å². The van der Waals surface area contributed by atoms with Gasteiger partial charge in [-0.05, 0) is 17.7 Å². The SMILES string of the molecule is O=C(Nc1nnc(Cc2ccccc2)s1)C1CC(=O)N(c2n[nH]c3cccc(F)c23)C1. The van der Waals surface area contributed by atoms with Crippen LogP contribution in [-0.2, 0) is 16.0 Å². The Kier molecular flexibility index (Phi) is 4.91. The zero-order valence-electron chi connectivity index (χ0n) is 16.2. The monoisotopic (exact) mass is 436 g/mol. The molecule has 10 heteroatoms. The first-order valence-electron chi connectivity index (χ1n) is 9.68. The number of amides is 2. The van der Waals surface area contributed by atoms with E-state index < -0.39 is 11.7 Å². The van der Waals surface area contributed by atoms with Crippen LogP contribution in [0, 0.1) is 11.7 Å². The van der Waals surface area contributed by atoms with Crippen molar-refractivity contribution in [2.45, 2.75) is 12.8 Å². The molecule has 0 radical (unpaired) electrons. The minimum absolute atomic E-state index is 0.0182. The summed E-state index contributed by atoms with van der Waals surface area (Å²) in [6.45, 7) is 0.120. The first-order chi connectivity index (χ1) is 15.1. The number of rotatable bonds is 5. The van der Waals surface area contributed by atoms with E-state index in [0.29, 0.717) is 17.1 Å². The molecule has 0 bridgehead atoms. The van der Waals surface area contributed by atoms with Gasteiger partial charge in [0.15, 0.2) is 5.82 Å². The number of hydrogen-bond acceptors (Lipinski definition) is 6. The second-order valence-corrected chi connectivity index (χ2v) is 8.33. The third kappa shape index (κ3) is 3.77. The molecule has 5 rings (SSSR count). The summed E-state index contributed by atoms with van der Waals surface area (Å²) in [5.41, 5.74) is 1.60. The van der Waals surface area contributed by atoms with Crippen molar-refractivity contribution in [1.82, 2.24) is 20.4 Å². The van der Waals surface area contributed by atoms with Gasteiger partial charge in [0, 0.05) is 19.4 Å². The average molecular weight is 436 g/mol. The van der Waals surface area contributed by atoms with Crippen LogP contribution in [0.4, 0.5) is 15.3 Å². The number of carbonyl (C=O) groups excluding carboxylic acids is 2. The summed E-state index contributed by atoms with van der Waals surface area (Å²) in [5.74, 6) is -1.46. The highest BCUT2D eigenvalue weighted by molar-refractivity contribution is 7.15. The summed E-state index contributed by atoms with van der Waals surface area (Å²) in [4.78, 5) is 26.6. The maximum absolute atomic E-state index is 14.3. The molecule has 156 valence electrons. The third-order valence-electron chi connectivity index (χ3n) is 5.17. The minimum Gasteiger partial charge on any atom is -0.300 e. The Morgan fingerprint density at radius 2 is 2.03 bits per heavy atom. The third-order valence-corrected chi connectivity index (χ3v) is 6.00. The number of aromatic amines is 1. The number of benzene rings is 2. The molecule has 0 spiro atoms. The Morgan fingerprint density at radius 1 is 1.19 bits per heavy atom. The van der Waals surface area contributed by atoms with Gasteiger partial charge in [-0.3, -0.25) is 19.6 Å². The van der Waals surface area contributed by atoms with Crippen LogP contribution in [0.15, 0.2) is 48.5 Å². The van der Waals surface area contributed by atoms with Crippen LogP contribution in [0.3, 0.4) is 0 Å². The highest BCUT2D eigenvalue weighted by Gasteiger charge is 2.37. The van der Waals surface area contributed by atoms with Gasteiger partial charge in [-0.25, -0.2) is 4.39 Å². The lowest BCUT2D eigenvalue weighted by Crippen LogP contribution is -2.28. The van der Waals surface area contributed by atoms with Gasteiger partial charge in [0.2, 0.25) is 16.9 Å². The van der Waals surface area contributed by atoms with Crippen LogP contribution in [0.1, 0.15) is 17.0 Å². The van der Waals surface area contributed by atoms with E-state index >= 15 is 0 Å². The smallest absolute Gasteiger partial charge is 0.231 e. The summed E-state index contributed by atoms with van der Waals surface area (Å²) in [5, 5.41) is 19.2. The molecule has 1 aliphatic rings. The molecule has 3 heterocycles. The minimum atomic E-state index is -0.590. The van der Waals surface area contributed by atoms with E-state index in [2.05, 4.69) is 25.7 Å². The fraction of sp³-hybridized carbons (Fsp3) is 0.190. The van der Waals surface area contributed by atoms with Gasteiger partial charge in [0.25, 0.3) is 0 Å². The van der Waals surface area contributed by atoms with Crippen molar-refractivity contribution in [1.29, 1.82) is 0 Å². The number of carbonyl (C=O) groups is 2. The summed E-state index contributed by atoms with van der Waals surface area (Å²) < 4.78 is 14.3. The number of nitrogens with zero attached hydrogens (tertiary/aromatic N) is 4. The molecule has 2 amide bonds. The van der Waals surface area contributed by atoms with Crippen molar-refractivity contribution in [3.63, 3.8) is 0 Å². The zero-order valence-corrected chi connectivity index (χ0v) is 17.0. The second kappa shape index (κ2) is 7.88. The van der Waals surface area contributed by atoms with Gasteiger partial charge >= 0.3 is 0 Å². The van der Waals surface area contributed by atoms with Crippen LogP contribution in [-0.4, -0.2) is 38.8 Å².